The molecule has 10 aromatic carbocycles. The summed E-state index contributed by atoms with van der Waals surface area (Å²) in [6.45, 7) is 0. The molecule has 14 rings (SSSR count). The lowest BCUT2D eigenvalue weighted by Gasteiger charge is -2.16. The minimum absolute atomic E-state index is 0.624. The van der Waals surface area contributed by atoms with Gasteiger partial charge in [-0.05, 0) is 77.2 Å². The highest BCUT2D eigenvalue weighted by Crippen LogP contribution is 2.44. The summed E-state index contributed by atoms with van der Waals surface area (Å²) in [6, 6.07) is 80.4. The van der Waals surface area contributed by atoms with Crippen LogP contribution in [-0.2, 0) is 0 Å². The third kappa shape index (κ3) is 5.97. The lowest BCUT2D eigenvalue weighted by atomic mass is 10.0. The summed E-state index contributed by atoms with van der Waals surface area (Å²) in [7, 11) is 0. The van der Waals surface area contributed by atoms with E-state index in [0.717, 1.165) is 61.0 Å². The monoisotopic (exact) mass is 871 g/mol. The molecule has 0 amide bonds. The van der Waals surface area contributed by atoms with Gasteiger partial charge in [0.05, 0.1) is 27.8 Å². The number of hydrogen-bond donors (Lipinski definition) is 0. The molecular weight excluding hydrogens is 835 g/mol. The fourth-order valence-electron chi connectivity index (χ4n) is 10.3. The van der Waals surface area contributed by atoms with Crippen molar-refractivity contribution in [2.45, 2.75) is 0 Å². The van der Waals surface area contributed by atoms with Crippen LogP contribution in [0.5, 0.6) is 0 Å². The molecule has 0 unspecified atom stereocenters. The van der Waals surface area contributed by atoms with E-state index < -0.39 is 0 Å². The van der Waals surface area contributed by atoms with Crippen molar-refractivity contribution in [3.63, 3.8) is 0 Å². The molecule has 6 heteroatoms. The van der Waals surface area contributed by atoms with Crippen molar-refractivity contribution in [3.8, 4) is 56.7 Å². The molecule has 4 aromatic heterocycles. The van der Waals surface area contributed by atoms with Crippen LogP contribution >= 0.6 is 11.3 Å². The zero-order valence-electron chi connectivity index (χ0n) is 36.0. The Morgan fingerprint density at radius 3 is 1.61 bits per heavy atom. The first-order valence-corrected chi connectivity index (χ1v) is 23.4. The maximum atomic E-state index is 5.29. The smallest absolute Gasteiger partial charge is 0.164 e. The highest BCUT2D eigenvalue weighted by atomic mass is 32.1. The summed E-state index contributed by atoms with van der Waals surface area (Å²) < 4.78 is 7.48. The molecule has 0 aliphatic carbocycles. The van der Waals surface area contributed by atoms with Gasteiger partial charge in [0.1, 0.15) is 0 Å². The Kier molecular flexibility index (Phi) is 8.38. The van der Waals surface area contributed by atoms with Crippen LogP contribution in [0.15, 0.2) is 224 Å². The number of nitrogens with zero attached hydrogens (tertiary/aromatic N) is 5. The molecule has 5 nitrogen and oxygen atoms in total. The number of rotatable bonds is 6. The van der Waals surface area contributed by atoms with Gasteiger partial charge in [-0.2, -0.15) is 0 Å². The number of thiophene rings is 1. The van der Waals surface area contributed by atoms with Gasteiger partial charge in [0, 0.05) is 69.5 Å². The van der Waals surface area contributed by atoms with Crippen molar-refractivity contribution in [1.82, 2.24) is 24.1 Å². The first-order chi connectivity index (χ1) is 33.2. The van der Waals surface area contributed by atoms with E-state index in [0.29, 0.717) is 17.5 Å². The minimum atomic E-state index is 0.624. The Hall–Kier alpha value is -8.71. The van der Waals surface area contributed by atoms with Gasteiger partial charge in [-0.1, -0.05) is 164 Å². The van der Waals surface area contributed by atoms with E-state index in [9.17, 15) is 0 Å². The molecule has 0 spiro atoms. The fourth-order valence-corrected chi connectivity index (χ4v) is 11.4. The second-order valence-corrected chi connectivity index (χ2v) is 18.3. The second kappa shape index (κ2) is 14.9. The summed E-state index contributed by atoms with van der Waals surface area (Å²) in [5.74, 6) is 1.88. The highest BCUT2D eigenvalue weighted by molar-refractivity contribution is 7.25. The van der Waals surface area contributed by atoms with Gasteiger partial charge in [0.15, 0.2) is 17.5 Å². The van der Waals surface area contributed by atoms with Crippen LogP contribution in [0, 0.1) is 0 Å². The predicted octanol–water partition coefficient (Wildman–Crippen LogP) is 16.3. The Morgan fingerprint density at radius 1 is 0.284 bits per heavy atom. The Labute approximate surface area is 389 Å². The van der Waals surface area contributed by atoms with Crippen molar-refractivity contribution >= 4 is 85.9 Å². The summed E-state index contributed by atoms with van der Waals surface area (Å²) in [5, 5.41) is 9.63. The van der Waals surface area contributed by atoms with E-state index in [1.54, 1.807) is 0 Å². The third-order valence-electron chi connectivity index (χ3n) is 13.4. The minimum Gasteiger partial charge on any atom is -0.309 e. The third-order valence-corrected chi connectivity index (χ3v) is 14.5. The van der Waals surface area contributed by atoms with E-state index in [1.165, 1.54) is 52.8 Å². The van der Waals surface area contributed by atoms with E-state index in [2.05, 4.69) is 209 Å². The van der Waals surface area contributed by atoms with E-state index >= 15 is 0 Å². The molecule has 67 heavy (non-hydrogen) atoms. The van der Waals surface area contributed by atoms with Gasteiger partial charge >= 0.3 is 0 Å². The zero-order valence-corrected chi connectivity index (χ0v) is 36.8. The number of benzene rings is 10. The molecule has 0 fully saturated rings. The Bertz CT molecular complexity index is 4220. The molecule has 0 saturated carbocycles. The van der Waals surface area contributed by atoms with Crippen molar-refractivity contribution in [1.29, 1.82) is 0 Å². The van der Waals surface area contributed by atoms with Crippen molar-refractivity contribution in [3.05, 3.63) is 224 Å². The molecule has 0 saturated heterocycles. The molecule has 0 bridgehead atoms. The molecule has 0 N–H and O–H groups in total. The Balaban J connectivity index is 1.02. The quantitative estimate of drug-likeness (QED) is 0.167. The maximum Gasteiger partial charge on any atom is 0.164 e. The lowest BCUT2D eigenvalue weighted by Crippen LogP contribution is -2.02. The lowest BCUT2D eigenvalue weighted by molar-refractivity contribution is 1.08. The number of para-hydroxylation sites is 2. The van der Waals surface area contributed by atoms with Gasteiger partial charge < -0.3 is 9.13 Å². The summed E-state index contributed by atoms with van der Waals surface area (Å²) in [4.78, 5) is 15.7. The summed E-state index contributed by atoms with van der Waals surface area (Å²) in [6.07, 6.45) is 0. The average molecular weight is 872 g/mol. The second-order valence-electron chi connectivity index (χ2n) is 17.2. The molecule has 4 heterocycles. The first kappa shape index (κ1) is 37.6. The fraction of sp³-hybridized carbons (Fsp3) is 0. The van der Waals surface area contributed by atoms with Gasteiger partial charge in [0.25, 0.3) is 0 Å². The maximum absolute atomic E-state index is 5.29. The van der Waals surface area contributed by atoms with E-state index in [-0.39, 0.29) is 0 Å². The molecule has 0 aliphatic heterocycles. The van der Waals surface area contributed by atoms with Crippen molar-refractivity contribution in [2.24, 2.45) is 0 Å². The Morgan fingerprint density at radius 2 is 0.851 bits per heavy atom. The molecule has 0 aliphatic rings. The van der Waals surface area contributed by atoms with Crippen molar-refractivity contribution in [2.75, 3.05) is 0 Å². The zero-order chi connectivity index (χ0) is 44.0. The standard InChI is InChI=1S/C61H37N5S/c1-3-16-38(17-4-1)40-20-15-21-41(34-40)60-62-59(39-18-5-2-6-19-39)63-61(64-60)49-32-33-54(44-23-8-7-22-43(44)49)66-55-35-42(65-52-27-12-9-24-45(52)46-25-10-13-28-53(46)65)30-31-47(55)50-37-58-51(36-56(50)66)48-26-11-14-29-57(48)67-58/h1-37H. The highest BCUT2D eigenvalue weighted by Gasteiger charge is 2.22. The number of fused-ring (bicyclic) bond motifs is 10. The van der Waals surface area contributed by atoms with Crippen LogP contribution in [0.3, 0.4) is 0 Å². The largest absolute Gasteiger partial charge is 0.309 e. The molecule has 0 atom stereocenters. The van der Waals surface area contributed by atoms with Crippen LogP contribution in [0.2, 0.25) is 0 Å². The normalized spacial score (nSPS) is 11.9. The summed E-state index contributed by atoms with van der Waals surface area (Å²) in [5.41, 5.74) is 11.9. The van der Waals surface area contributed by atoms with Crippen LogP contribution in [-0.4, -0.2) is 24.1 Å². The molecular formula is C61H37N5S. The van der Waals surface area contributed by atoms with E-state index in [1.807, 2.05) is 35.6 Å². The topological polar surface area (TPSA) is 48.5 Å². The molecule has 312 valence electrons. The average Bonchev–Trinajstić information content (AvgIpc) is 4.05. The number of hydrogen-bond acceptors (Lipinski definition) is 4. The van der Waals surface area contributed by atoms with Crippen molar-refractivity contribution < 1.29 is 0 Å². The van der Waals surface area contributed by atoms with Gasteiger partial charge in [-0.15, -0.1) is 11.3 Å². The van der Waals surface area contributed by atoms with Gasteiger partial charge in [-0.25, -0.2) is 15.0 Å². The van der Waals surface area contributed by atoms with Crippen LogP contribution < -0.4 is 0 Å². The summed E-state index contributed by atoms with van der Waals surface area (Å²) >= 11 is 1.86. The predicted molar refractivity (Wildman–Crippen MR) is 281 cm³/mol. The SMILES string of the molecule is c1ccc(-c2cccc(-c3nc(-c4ccccc4)nc(-c4ccc(-n5c6cc(-n7c8ccccc8c8ccccc87)ccc6c6cc7sc8ccccc8c7cc65)c5ccccc45)n3)c2)cc1. The molecule has 14 aromatic rings. The molecule has 0 radical (unpaired) electrons. The van der Waals surface area contributed by atoms with Gasteiger partial charge in [-0.3, -0.25) is 0 Å². The number of aromatic nitrogens is 5. The van der Waals surface area contributed by atoms with Gasteiger partial charge in [0.2, 0.25) is 0 Å². The van der Waals surface area contributed by atoms with Crippen LogP contribution in [0.1, 0.15) is 0 Å². The van der Waals surface area contributed by atoms with Crippen LogP contribution in [0.4, 0.5) is 0 Å². The van der Waals surface area contributed by atoms with E-state index in [4.69, 9.17) is 15.0 Å². The first-order valence-electron chi connectivity index (χ1n) is 22.6. The van der Waals surface area contributed by atoms with Crippen LogP contribution in [0.25, 0.3) is 131 Å².